The Morgan fingerprint density at radius 1 is 1.12 bits per heavy atom. The summed E-state index contributed by atoms with van der Waals surface area (Å²) in [6.45, 7) is 2.19. The monoisotopic (exact) mass is 218 g/mol. The third-order valence-electron chi connectivity index (χ3n) is 2.71. The summed E-state index contributed by atoms with van der Waals surface area (Å²) in [5.74, 6) is 2.71. The lowest BCUT2D eigenvalue weighted by molar-refractivity contribution is 0.171. The number of amidine groups is 1. The van der Waals surface area contributed by atoms with Crippen LogP contribution < -0.4 is 14.8 Å². The lowest BCUT2D eigenvalue weighted by atomic mass is 10.2. The highest BCUT2D eigenvalue weighted by molar-refractivity contribution is 5.96. The van der Waals surface area contributed by atoms with Crippen LogP contribution in [0.15, 0.2) is 23.2 Å². The van der Waals surface area contributed by atoms with Crippen molar-refractivity contribution >= 4 is 11.5 Å². The van der Waals surface area contributed by atoms with Crippen LogP contribution in [0.2, 0.25) is 0 Å². The number of nitrogens with one attached hydrogen (secondary N) is 1. The SMILES string of the molecule is c1cc2c(cc1NC1=NCCC1)OCCO2. The summed E-state index contributed by atoms with van der Waals surface area (Å²) in [5, 5.41) is 3.31. The van der Waals surface area contributed by atoms with Crippen LogP contribution in [0.3, 0.4) is 0 Å². The van der Waals surface area contributed by atoms with E-state index in [1.54, 1.807) is 0 Å². The van der Waals surface area contributed by atoms with Gasteiger partial charge in [-0.2, -0.15) is 0 Å². The van der Waals surface area contributed by atoms with Gasteiger partial charge in [0.25, 0.3) is 0 Å². The first-order chi connectivity index (χ1) is 7.92. The van der Waals surface area contributed by atoms with Crippen LogP contribution in [-0.4, -0.2) is 25.6 Å². The first-order valence-corrected chi connectivity index (χ1v) is 5.62. The van der Waals surface area contributed by atoms with Gasteiger partial charge in [0.2, 0.25) is 0 Å². The minimum Gasteiger partial charge on any atom is -0.486 e. The molecule has 2 aliphatic heterocycles. The molecule has 0 spiro atoms. The van der Waals surface area contributed by atoms with Gasteiger partial charge in [-0.15, -0.1) is 0 Å². The summed E-state index contributed by atoms with van der Waals surface area (Å²) in [7, 11) is 0. The van der Waals surface area contributed by atoms with Crippen molar-refractivity contribution in [2.75, 3.05) is 25.1 Å². The maximum atomic E-state index is 5.52. The quantitative estimate of drug-likeness (QED) is 0.784. The highest BCUT2D eigenvalue weighted by Gasteiger charge is 2.13. The Balaban J connectivity index is 1.80. The van der Waals surface area contributed by atoms with Gasteiger partial charge >= 0.3 is 0 Å². The van der Waals surface area contributed by atoms with Crippen molar-refractivity contribution in [3.05, 3.63) is 18.2 Å². The summed E-state index contributed by atoms with van der Waals surface area (Å²) in [4.78, 5) is 4.38. The van der Waals surface area contributed by atoms with Gasteiger partial charge < -0.3 is 14.8 Å². The van der Waals surface area contributed by atoms with Gasteiger partial charge in [-0.1, -0.05) is 0 Å². The van der Waals surface area contributed by atoms with E-state index in [-0.39, 0.29) is 0 Å². The van der Waals surface area contributed by atoms with E-state index in [2.05, 4.69) is 10.3 Å². The molecule has 3 rings (SSSR count). The smallest absolute Gasteiger partial charge is 0.163 e. The molecule has 0 amide bonds. The molecule has 4 nitrogen and oxygen atoms in total. The maximum Gasteiger partial charge on any atom is 0.163 e. The maximum absolute atomic E-state index is 5.52. The number of ether oxygens (including phenoxy) is 2. The molecule has 0 unspecified atom stereocenters. The lowest BCUT2D eigenvalue weighted by Gasteiger charge is -2.19. The van der Waals surface area contributed by atoms with E-state index in [9.17, 15) is 0 Å². The van der Waals surface area contributed by atoms with Gasteiger partial charge in [0.15, 0.2) is 11.5 Å². The van der Waals surface area contributed by atoms with E-state index in [0.29, 0.717) is 13.2 Å². The van der Waals surface area contributed by atoms with E-state index in [1.807, 2.05) is 18.2 Å². The van der Waals surface area contributed by atoms with Crippen molar-refractivity contribution in [2.45, 2.75) is 12.8 Å². The molecule has 16 heavy (non-hydrogen) atoms. The molecule has 1 N–H and O–H groups in total. The van der Waals surface area contributed by atoms with Gasteiger partial charge in [0.05, 0.1) is 0 Å². The van der Waals surface area contributed by atoms with Crippen LogP contribution in [0, 0.1) is 0 Å². The molecule has 0 aromatic heterocycles. The fourth-order valence-corrected chi connectivity index (χ4v) is 1.93. The van der Waals surface area contributed by atoms with E-state index < -0.39 is 0 Å². The van der Waals surface area contributed by atoms with Crippen LogP contribution in [0.5, 0.6) is 11.5 Å². The summed E-state index contributed by atoms with van der Waals surface area (Å²) in [6.07, 6.45) is 2.18. The number of hydrogen-bond acceptors (Lipinski definition) is 4. The average molecular weight is 218 g/mol. The largest absolute Gasteiger partial charge is 0.486 e. The van der Waals surface area contributed by atoms with Crippen LogP contribution in [0.4, 0.5) is 5.69 Å². The zero-order valence-corrected chi connectivity index (χ0v) is 9.03. The van der Waals surface area contributed by atoms with Crippen LogP contribution in [0.1, 0.15) is 12.8 Å². The topological polar surface area (TPSA) is 42.9 Å². The molecule has 84 valence electrons. The second-order valence-corrected chi connectivity index (χ2v) is 3.92. The summed E-state index contributed by atoms with van der Waals surface area (Å²) in [6, 6.07) is 5.90. The molecular formula is C12H14N2O2. The molecule has 0 fully saturated rings. The fourth-order valence-electron chi connectivity index (χ4n) is 1.93. The molecular weight excluding hydrogens is 204 g/mol. The number of anilines is 1. The summed E-state index contributed by atoms with van der Waals surface area (Å²) < 4.78 is 11.0. The van der Waals surface area contributed by atoms with Crippen molar-refractivity contribution in [2.24, 2.45) is 4.99 Å². The number of rotatable bonds is 1. The third kappa shape index (κ3) is 1.83. The number of aliphatic imine (C=N–C) groups is 1. The molecule has 2 heterocycles. The summed E-state index contributed by atoms with van der Waals surface area (Å²) >= 11 is 0. The van der Waals surface area contributed by atoms with Crippen LogP contribution >= 0.6 is 0 Å². The summed E-state index contributed by atoms with van der Waals surface area (Å²) in [5.41, 5.74) is 1.02. The minimum absolute atomic E-state index is 0.622. The molecule has 0 saturated carbocycles. The van der Waals surface area contributed by atoms with Crippen molar-refractivity contribution in [1.29, 1.82) is 0 Å². The molecule has 0 radical (unpaired) electrons. The van der Waals surface area contributed by atoms with E-state index in [1.165, 1.54) is 0 Å². The van der Waals surface area contributed by atoms with Crippen molar-refractivity contribution in [3.8, 4) is 11.5 Å². The van der Waals surface area contributed by atoms with E-state index in [4.69, 9.17) is 9.47 Å². The van der Waals surface area contributed by atoms with Gasteiger partial charge in [0, 0.05) is 24.7 Å². The number of nitrogens with zero attached hydrogens (tertiary/aromatic N) is 1. The van der Waals surface area contributed by atoms with Gasteiger partial charge in [-0.25, -0.2) is 0 Å². The van der Waals surface area contributed by atoms with Crippen molar-refractivity contribution in [1.82, 2.24) is 0 Å². The van der Waals surface area contributed by atoms with Crippen molar-refractivity contribution in [3.63, 3.8) is 0 Å². The Morgan fingerprint density at radius 2 is 2.00 bits per heavy atom. The van der Waals surface area contributed by atoms with Gasteiger partial charge in [0.1, 0.15) is 19.0 Å². The normalized spacial score (nSPS) is 18.1. The van der Waals surface area contributed by atoms with Gasteiger partial charge in [-0.05, 0) is 18.6 Å². The average Bonchev–Trinajstić information content (AvgIpc) is 2.82. The Bertz CT molecular complexity index is 429. The van der Waals surface area contributed by atoms with E-state index in [0.717, 1.165) is 42.4 Å². The number of hydrogen-bond donors (Lipinski definition) is 1. The zero-order chi connectivity index (χ0) is 10.8. The Kier molecular flexibility index (Phi) is 2.40. The van der Waals surface area contributed by atoms with Crippen LogP contribution in [-0.2, 0) is 0 Å². The Hall–Kier alpha value is -1.71. The van der Waals surface area contributed by atoms with Gasteiger partial charge in [-0.3, -0.25) is 4.99 Å². The predicted octanol–water partition coefficient (Wildman–Crippen LogP) is 2.06. The number of benzene rings is 1. The number of fused-ring (bicyclic) bond motifs is 1. The minimum atomic E-state index is 0.622. The standard InChI is InChI=1S/C12H14N2O2/c1-2-12(13-5-1)14-9-3-4-10-11(8-9)16-7-6-15-10/h3-4,8H,1-2,5-7H2,(H,13,14). The first kappa shape index (κ1) is 9.51. The molecule has 4 heteroatoms. The molecule has 1 aromatic carbocycles. The molecule has 0 bridgehead atoms. The molecule has 0 aliphatic carbocycles. The Labute approximate surface area is 94.3 Å². The van der Waals surface area contributed by atoms with E-state index >= 15 is 0 Å². The fraction of sp³-hybridized carbons (Fsp3) is 0.417. The third-order valence-corrected chi connectivity index (χ3v) is 2.71. The Morgan fingerprint density at radius 3 is 2.81 bits per heavy atom. The molecule has 0 saturated heterocycles. The molecule has 1 aromatic rings. The second-order valence-electron chi connectivity index (χ2n) is 3.92. The molecule has 2 aliphatic rings. The zero-order valence-electron chi connectivity index (χ0n) is 9.03. The first-order valence-electron chi connectivity index (χ1n) is 5.62. The van der Waals surface area contributed by atoms with Crippen LogP contribution in [0.25, 0.3) is 0 Å². The lowest BCUT2D eigenvalue weighted by Crippen LogP contribution is -2.16. The van der Waals surface area contributed by atoms with Crippen molar-refractivity contribution < 1.29 is 9.47 Å². The second kappa shape index (κ2) is 4.04. The molecule has 0 atom stereocenters. The predicted molar refractivity (Wildman–Crippen MR) is 62.6 cm³/mol. The highest BCUT2D eigenvalue weighted by atomic mass is 16.6. The highest BCUT2D eigenvalue weighted by Crippen LogP contribution is 2.32.